The zero-order valence-corrected chi connectivity index (χ0v) is 29.6. The number of aliphatic hydroxyl groups is 1. The summed E-state index contributed by atoms with van der Waals surface area (Å²) in [6.07, 6.45) is 3.17. The van der Waals surface area contributed by atoms with Crippen molar-refractivity contribution in [1.29, 1.82) is 0 Å². The molecule has 1 unspecified atom stereocenters. The van der Waals surface area contributed by atoms with Crippen molar-refractivity contribution in [2.75, 3.05) is 11.1 Å². The number of hydrogen-bond acceptors (Lipinski definition) is 9. The van der Waals surface area contributed by atoms with Crippen LogP contribution in [0.25, 0.3) is 22.6 Å². The normalized spacial score (nSPS) is 17.1. The topological polar surface area (TPSA) is 143 Å². The molecule has 0 aliphatic carbocycles. The number of hydrogen-bond donors (Lipinski definition) is 4. The molecule has 3 atom stereocenters. The molecule has 5 aromatic rings. The molecule has 0 bridgehead atoms. The predicted molar refractivity (Wildman–Crippen MR) is 199 cm³/mol. The van der Waals surface area contributed by atoms with Crippen LogP contribution in [-0.4, -0.2) is 39.0 Å². The lowest BCUT2D eigenvalue weighted by Crippen LogP contribution is -2.31. The van der Waals surface area contributed by atoms with Gasteiger partial charge >= 0.3 is 0 Å². The number of benzene rings is 4. The highest BCUT2D eigenvalue weighted by atomic mass is 32.2. The number of aromatic nitrogens is 1. The summed E-state index contributed by atoms with van der Waals surface area (Å²) in [5.74, 6) is 0.829. The molecular formula is C41H43N3O7S. The molecule has 1 aliphatic rings. The number of hydroxylamine groups is 1. The van der Waals surface area contributed by atoms with Crippen LogP contribution in [0.3, 0.4) is 0 Å². The van der Waals surface area contributed by atoms with Crippen molar-refractivity contribution in [2.45, 2.75) is 75.3 Å². The van der Waals surface area contributed by atoms with Gasteiger partial charge in [0.05, 0.1) is 18.8 Å². The Kier molecular flexibility index (Phi) is 13.3. The van der Waals surface area contributed by atoms with Gasteiger partial charge in [-0.05, 0) is 36.1 Å². The molecule has 1 fully saturated rings. The molecule has 0 radical (unpaired) electrons. The highest BCUT2D eigenvalue weighted by Crippen LogP contribution is 2.41. The third-order valence-electron chi connectivity index (χ3n) is 8.85. The average Bonchev–Trinajstić information content (AvgIpc) is 3.63. The number of rotatable bonds is 16. The fourth-order valence-corrected chi connectivity index (χ4v) is 6.89. The summed E-state index contributed by atoms with van der Waals surface area (Å²) < 4.78 is 19.4. The van der Waals surface area contributed by atoms with Crippen LogP contribution < -0.4 is 10.8 Å². The van der Waals surface area contributed by atoms with Gasteiger partial charge in [0.15, 0.2) is 12.1 Å². The third kappa shape index (κ3) is 10.2. The van der Waals surface area contributed by atoms with Crippen molar-refractivity contribution in [3.05, 3.63) is 126 Å². The summed E-state index contributed by atoms with van der Waals surface area (Å²) in [5.41, 5.74) is 7.69. The smallest absolute Gasteiger partial charge is 0.256 e. The van der Waals surface area contributed by atoms with Gasteiger partial charge in [-0.15, -0.1) is 0 Å². The molecule has 0 spiro atoms. The molecule has 52 heavy (non-hydrogen) atoms. The Labute approximate surface area is 307 Å². The van der Waals surface area contributed by atoms with E-state index in [0.29, 0.717) is 42.3 Å². The number of thioether (sulfide) groups is 1. The zero-order chi connectivity index (χ0) is 36.1. The lowest BCUT2D eigenvalue weighted by atomic mass is 10.0. The van der Waals surface area contributed by atoms with Crippen LogP contribution in [0.5, 0.6) is 0 Å². The maximum absolute atomic E-state index is 12.6. The van der Waals surface area contributed by atoms with E-state index in [9.17, 15) is 14.7 Å². The average molecular weight is 722 g/mol. The van der Waals surface area contributed by atoms with E-state index in [1.54, 1.807) is 5.48 Å². The van der Waals surface area contributed by atoms with Crippen molar-refractivity contribution in [3.63, 3.8) is 0 Å². The first-order valence-electron chi connectivity index (χ1n) is 17.6. The fraction of sp³-hybridized carbons (Fsp3) is 0.293. The standard InChI is InChI=1S/C41H43N3O7S/c45-26-28-17-19-29(20-18-28)35-25-34(27-52-41-43-38(30-11-5-3-6-12-30)39(51-41)31-13-7-4-8-14-31)49-40(50-35)32-21-23-33(24-22-32)42-36(46)15-9-1-2-10-16-37(47)44-48/h3-8,11-14,17-24,34-35,40,45,48H,1-2,9-10,15-16,25-27H2,(H,42,46)(H,44,47)/t34-,35?,40+/m1/s1. The van der Waals surface area contributed by atoms with Crippen LogP contribution in [0.2, 0.25) is 0 Å². The number of oxazole rings is 1. The van der Waals surface area contributed by atoms with Gasteiger partial charge in [0.25, 0.3) is 5.22 Å². The Morgan fingerprint density at radius 1 is 0.750 bits per heavy atom. The molecule has 1 saturated heterocycles. The number of unbranched alkanes of at least 4 members (excludes halogenated alkanes) is 3. The second-order valence-electron chi connectivity index (χ2n) is 12.7. The monoisotopic (exact) mass is 721 g/mol. The van der Waals surface area contributed by atoms with Gasteiger partial charge in [-0.2, -0.15) is 0 Å². The van der Waals surface area contributed by atoms with Gasteiger partial charge in [0, 0.05) is 47.4 Å². The minimum absolute atomic E-state index is 0.0305. The number of carbonyl (C=O) groups is 2. The predicted octanol–water partition coefficient (Wildman–Crippen LogP) is 8.62. The van der Waals surface area contributed by atoms with E-state index in [1.807, 2.05) is 109 Å². The maximum Gasteiger partial charge on any atom is 0.256 e. The summed E-state index contributed by atoms with van der Waals surface area (Å²) in [6, 6.07) is 35.3. The first kappa shape index (κ1) is 37.0. The molecule has 2 heterocycles. The molecule has 11 heteroatoms. The summed E-state index contributed by atoms with van der Waals surface area (Å²) >= 11 is 1.51. The second-order valence-corrected chi connectivity index (χ2v) is 13.6. The number of aliphatic hydroxyl groups excluding tert-OH is 1. The van der Waals surface area contributed by atoms with Gasteiger partial charge in [0.2, 0.25) is 11.8 Å². The van der Waals surface area contributed by atoms with Gasteiger partial charge in [-0.1, -0.05) is 122 Å². The van der Waals surface area contributed by atoms with Crippen molar-refractivity contribution in [2.24, 2.45) is 0 Å². The molecule has 4 N–H and O–H groups in total. The van der Waals surface area contributed by atoms with E-state index >= 15 is 0 Å². The Morgan fingerprint density at radius 2 is 1.38 bits per heavy atom. The lowest BCUT2D eigenvalue weighted by molar-refractivity contribution is -0.245. The van der Waals surface area contributed by atoms with Crippen LogP contribution in [0, 0.1) is 0 Å². The van der Waals surface area contributed by atoms with Gasteiger partial charge in [-0.25, -0.2) is 10.5 Å². The van der Waals surface area contributed by atoms with Crippen LogP contribution in [-0.2, 0) is 25.7 Å². The Bertz CT molecular complexity index is 1810. The van der Waals surface area contributed by atoms with Crippen LogP contribution in [0.1, 0.15) is 74.0 Å². The lowest BCUT2D eigenvalue weighted by Gasteiger charge is -2.36. The fourth-order valence-electron chi connectivity index (χ4n) is 6.05. The number of nitrogens with one attached hydrogen (secondary N) is 2. The van der Waals surface area contributed by atoms with Crippen LogP contribution >= 0.6 is 11.8 Å². The Balaban J connectivity index is 1.12. The quantitative estimate of drug-likeness (QED) is 0.0341. The van der Waals surface area contributed by atoms with Crippen molar-refractivity contribution >= 4 is 29.3 Å². The minimum atomic E-state index is -0.649. The first-order chi connectivity index (χ1) is 25.5. The summed E-state index contributed by atoms with van der Waals surface area (Å²) in [5, 5.41) is 21.7. The SMILES string of the molecule is O=C(CCCCCCC(=O)Nc1ccc([C@@H]2OC(c3ccc(CO)cc3)C[C@H](CSc3nc(-c4ccccc4)c(-c4ccccc4)o3)O2)cc1)NO. The zero-order valence-electron chi connectivity index (χ0n) is 28.8. The van der Waals surface area contributed by atoms with E-state index in [0.717, 1.165) is 52.1 Å². The Hall–Kier alpha value is -4.78. The van der Waals surface area contributed by atoms with E-state index < -0.39 is 12.2 Å². The van der Waals surface area contributed by atoms with Gasteiger partial charge in [0.1, 0.15) is 5.69 Å². The molecule has 2 amide bonds. The minimum Gasteiger partial charge on any atom is -0.431 e. The largest absolute Gasteiger partial charge is 0.431 e. The summed E-state index contributed by atoms with van der Waals surface area (Å²) in [6.45, 7) is -0.0305. The van der Waals surface area contributed by atoms with E-state index in [1.165, 1.54) is 11.8 Å². The Morgan fingerprint density at radius 3 is 2.04 bits per heavy atom. The third-order valence-corrected chi connectivity index (χ3v) is 9.81. The molecule has 1 aliphatic heterocycles. The molecule has 10 nitrogen and oxygen atoms in total. The molecule has 270 valence electrons. The number of nitrogens with zero attached hydrogens (tertiary/aromatic N) is 1. The van der Waals surface area contributed by atoms with E-state index in [-0.39, 0.29) is 31.1 Å². The molecule has 1 aromatic heterocycles. The molecule has 6 rings (SSSR count). The van der Waals surface area contributed by atoms with Gasteiger partial charge < -0.3 is 24.3 Å². The molecular weight excluding hydrogens is 679 g/mol. The number of amides is 2. The number of ether oxygens (including phenoxy) is 2. The van der Waals surface area contributed by atoms with Crippen molar-refractivity contribution in [3.8, 4) is 22.6 Å². The van der Waals surface area contributed by atoms with Crippen LogP contribution in [0.4, 0.5) is 5.69 Å². The molecule has 4 aromatic carbocycles. The van der Waals surface area contributed by atoms with Crippen LogP contribution in [0.15, 0.2) is 119 Å². The summed E-state index contributed by atoms with van der Waals surface area (Å²) in [7, 11) is 0. The highest BCUT2D eigenvalue weighted by molar-refractivity contribution is 7.99. The summed E-state index contributed by atoms with van der Waals surface area (Å²) in [4.78, 5) is 28.6. The molecule has 0 saturated carbocycles. The van der Waals surface area contributed by atoms with Crippen molar-refractivity contribution < 1.29 is 33.8 Å². The van der Waals surface area contributed by atoms with E-state index in [2.05, 4.69) is 5.32 Å². The maximum atomic E-state index is 12.6. The number of anilines is 1. The highest BCUT2D eigenvalue weighted by Gasteiger charge is 2.33. The number of carbonyl (C=O) groups excluding carboxylic acids is 2. The van der Waals surface area contributed by atoms with E-state index in [4.69, 9.17) is 24.1 Å². The second kappa shape index (κ2) is 18.6. The first-order valence-corrected chi connectivity index (χ1v) is 18.6. The van der Waals surface area contributed by atoms with Gasteiger partial charge in [-0.3, -0.25) is 14.8 Å². The van der Waals surface area contributed by atoms with Crippen molar-refractivity contribution in [1.82, 2.24) is 10.5 Å².